The summed E-state index contributed by atoms with van der Waals surface area (Å²) >= 11 is -2.47. The molecule has 0 bridgehead atoms. The largest absolute Gasteiger partial charge is 0.326 e. The van der Waals surface area contributed by atoms with Crippen LogP contribution in [0.1, 0.15) is 24.1 Å². The van der Waals surface area contributed by atoms with Crippen molar-refractivity contribution in [1.29, 1.82) is 0 Å². The Bertz CT molecular complexity index is 1300. The summed E-state index contributed by atoms with van der Waals surface area (Å²) in [5.74, 6) is -0.977. The van der Waals surface area contributed by atoms with Gasteiger partial charge in [0.15, 0.2) is 11.1 Å². The van der Waals surface area contributed by atoms with Gasteiger partial charge in [-0.15, -0.1) is 5.12 Å². The molecule has 0 aromatic heterocycles. The predicted octanol–water partition coefficient (Wildman–Crippen LogP) is 3.16. The Morgan fingerprint density at radius 3 is 2.30 bits per heavy atom. The monoisotopic (exact) mass is 486 g/mol. The van der Waals surface area contributed by atoms with Crippen LogP contribution < -0.4 is 10.7 Å². The number of para-hydroxylation sites is 2. The highest BCUT2D eigenvalue weighted by Crippen LogP contribution is 2.43. The number of hydrazine groups is 2. The molecule has 3 N–H and O–H groups in total. The third kappa shape index (κ3) is 4.68. The van der Waals surface area contributed by atoms with Crippen molar-refractivity contribution in [2.45, 2.75) is 17.9 Å². The molecule has 0 fully saturated rings. The molecule has 1 aliphatic rings. The Balaban J connectivity index is 1.89. The van der Waals surface area contributed by atoms with Crippen molar-refractivity contribution in [2.24, 2.45) is 0 Å². The van der Waals surface area contributed by atoms with Crippen LogP contribution in [0.2, 0.25) is 0 Å². The first-order valence-electron chi connectivity index (χ1n) is 9.95. The Morgan fingerprint density at radius 2 is 1.64 bits per heavy atom. The van der Waals surface area contributed by atoms with Crippen molar-refractivity contribution >= 4 is 38.4 Å². The summed E-state index contributed by atoms with van der Waals surface area (Å²) in [6.45, 7) is 1.39. The van der Waals surface area contributed by atoms with Gasteiger partial charge in [0.05, 0.1) is 10.6 Å². The molecule has 11 heteroatoms. The third-order valence-corrected chi connectivity index (χ3v) is 7.44. The summed E-state index contributed by atoms with van der Waals surface area (Å²) in [7, 11) is -4.22. The van der Waals surface area contributed by atoms with Crippen molar-refractivity contribution in [3.8, 4) is 0 Å². The lowest BCUT2D eigenvalue weighted by molar-refractivity contribution is -0.114. The first-order valence-corrected chi connectivity index (χ1v) is 12.7. The number of hydrogen-bond acceptors (Lipinski definition) is 6. The van der Waals surface area contributed by atoms with Crippen LogP contribution in [0.5, 0.6) is 0 Å². The first kappa shape index (κ1) is 23.1. The van der Waals surface area contributed by atoms with Gasteiger partial charge in [-0.2, -0.15) is 0 Å². The highest BCUT2D eigenvalue weighted by molar-refractivity contribution is 7.90. The Hall–Kier alpha value is -3.09. The minimum Gasteiger partial charge on any atom is -0.326 e. The number of amides is 1. The molecule has 33 heavy (non-hydrogen) atoms. The molecule has 2 atom stereocenters. The van der Waals surface area contributed by atoms with E-state index in [9.17, 15) is 22.0 Å². The van der Waals surface area contributed by atoms with Gasteiger partial charge in [0.2, 0.25) is 5.91 Å². The van der Waals surface area contributed by atoms with Crippen molar-refractivity contribution in [1.82, 2.24) is 9.53 Å². The van der Waals surface area contributed by atoms with Crippen LogP contribution in [-0.4, -0.2) is 38.5 Å². The lowest BCUT2D eigenvalue weighted by Gasteiger charge is -2.34. The molecule has 4 rings (SSSR count). The molecule has 0 spiro atoms. The second-order valence-corrected chi connectivity index (χ2v) is 10.0. The van der Waals surface area contributed by atoms with Gasteiger partial charge in [0, 0.05) is 23.7 Å². The number of carbonyl (C=O) groups is 1. The number of anilines is 2. The number of sulfonamides is 1. The minimum absolute atomic E-state index is 0.0258. The molecule has 9 nitrogen and oxygen atoms in total. The van der Waals surface area contributed by atoms with E-state index in [1.807, 2.05) is 12.1 Å². The van der Waals surface area contributed by atoms with Gasteiger partial charge in [-0.3, -0.25) is 4.79 Å². The maximum atomic E-state index is 13.6. The summed E-state index contributed by atoms with van der Waals surface area (Å²) in [5, 5.41) is 4.10. The normalized spacial score (nSPS) is 16.8. The molecular weight excluding hydrogens is 464 g/mol. The van der Waals surface area contributed by atoms with Crippen LogP contribution in [0.15, 0.2) is 83.8 Å². The van der Waals surface area contributed by atoms with Crippen LogP contribution in [0, 0.1) is 0 Å². The molecule has 172 valence electrons. The van der Waals surface area contributed by atoms with Gasteiger partial charge in [-0.25, -0.2) is 12.6 Å². The zero-order valence-corrected chi connectivity index (χ0v) is 19.2. The summed E-state index contributed by atoms with van der Waals surface area (Å²) in [6.07, 6.45) is 0. The van der Waals surface area contributed by atoms with Crippen LogP contribution in [-0.2, 0) is 25.9 Å². The molecule has 1 amide bonds. The first-order chi connectivity index (χ1) is 15.8. The average Bonchev–Trinajstić information content (AvgIpc) is 3.17. The number of nitrogens with one attached hydrogen (secondary N) is 2. The smallest absolute Gasteiger partial charge is 0.258 e. The molecule has 1 aliphatic heterocycles. The van der Waals surface area contributed by atoms with Crippen LogP contribution >= 0.6 is 0 Å². The third-order valence-electron chi connectivity index (χ3n) is 5.08. The Morgan fingerprint density at radius 1 is 1.03 bits per heavy atom. The van der Waals surface area contributed by atoms with Gasteiger partial charge < -0.3 is 15.3 Å². The van der Waals surface area contributed by atoms with Crippen molar-refractivity contribution < 1.29 is 22.0 Å². The number of rotatable bonds is 7. The van der Waals surface area contributed by atoms with Crippen LogP contribution in [0.3, 0.4) is 0 Å². The molecule has 1 heterocycles. The minimum atomic E-state index is -4.22. The second-order valence-electron chi connectivity index (χ2n) is 7.31. The highest BCUT2D eigenvalue weighted by Gasteiger charge is 2.42. The van der Waals surface area contributed by atoms with E-state index in [0.29, 0.717) is 16.9 Å². The topological polar surface area (TPSA) is 119 Å². The van der Waals surface area contributed by atoms with Gasteiger partial charge >= 0.3 is 0 Å². The van der Waals surface area contributed by atoms with E-state index >= 15 is 0 Å². The summed E-state index contributed by atoms with van der Waals surface area (Å²) in [4.78, 5) is 11.8. The molecule has 0 saturated heterocycles. The molecule has 0 saturated carbocycles. The molecule has 2 unspecified atom stereocenters. The van der Waals surface area contributed by atoms with Crippen molar-refractivity contribution in [2.75, 3.05) is 16.6 Å². The van der Waals surface area contributed by atoms with Gasteiger partial charge in [-0.05, 0) is 24.3 Å². The molecule has 3 aromatic rings. The lowest BCUT2D eigenvalue weighted by atomic mass is 9.97. The highest BCUT2D eigenvalue weighted by atomic mass is 32.2. The van der Waals surface area contributed by atoms with Gasteiger partial charge in [-0.1, -0.05) is 59.0 Å². The predicted molar refractivity (Wildman–Crippen MR) is 126 cm³/mol. The average molecular weight is 487 g/mol. The second kappa shape index (κ2) is 9.41. The van der Waals surface area contributed by atoms with Gasteiger partial charge in [0.25, 0.3) is 10.0 Å². The fourth-order valence-electron chi connectivity index (χ4n) is 3.74. The van der Waals surface area contributed by atoms with E-state index in [1.165, 1.54) is 24.2 Å². The standard InChI is InChI=1S/C22H22N4O5S2/c1-16(27)23-20-13-7-5-11-18(20)22-19-12-6-8-14-21(19)24-26(22)25(15-32(28)29)33(30,31)17-9-3-2-4-10-17/h2-14,22,24H,15H2,1H3,(H,23,27)(H,28,29). The number of carbonyl (C=O) groups excluding carboxylic acids is 1. The molecule has 3 aromatic carbocycles. The quantitative estimate of drug-likeness (QED) is 0.439. The fraction of sp³-hybridized carbons (Fsp3) is 0.136. The maximum Gasteiger partial charge on any atom is 0.258 e. The number of hydrogen-bond donors (Lipinski definition) is 3. The fourth-order valence-corrected chi connectivity index (χ4v) is 5.99. The molecular formula is C22H22N4O5S2. The van der Waals surface area contributed by atoms with E-state index in [0.717, 1.165) is 9.98 Å². The summed E-state index contributed by atoms with van der Waals surface area (Å²) in [6, 6.07) is 21.2. The SMILES string of the molecule is CC(=O)Nc1ccccc1C1c2ccccc2NN1N(CS(=O)O)S(=O)(=O)c1ccccc1. The van der Waals surface area contributed by atoms with Crippen molar-refractivity contribution in [3.63, 3.8) is 0 Å². The van der Waals surface area contributed by atoms with E-state index in [1.54, 1.807) is 54.6 Å². The van der Waals surface area contributed by atoms with E-state index in [-0.39, 0.29) is 10.8 Å². The Labute approximate surface area is 194 Å². The number of nitrogens with zero attached hydrogens (tertiary/aromatic N) is 2. The summed E-state index contributed by atoms with van der Waals surface area (Å²) < 4.78 is 49.6. The maximum absolute atomic E-state index is 13.6. The van der Waals surface area contributed by atoms with Crippen LogP contribution in [0.4, 0.5) is 11.4 Å². The Kier molecular flexibility index (Phi) is 6.58. The summed E-state index contributed by atoms with van der Waals surface area (Å²) in [5.41, 5.74) is 5.56. The number of fused-ring (bicyclic) bond motifs is 1. The lowest BCUT2D eigenvalue weighted by Crippen LogP contribution is -2.50. The molecule has 0 radical (unpaired) electrons. The zero-order valence-electron chi connectivity index (χ0n) is 17.6. The van der Waals surface area contributed by atoms with E-state index < -0.39 is 33.0 Å². The van der Waals surface area contributed by atoms with E-state index in [4.69, 9.17) is 0 Å². The van der Waals surface area contributed by atoms with Crippen molar-refractivity contribution in [3.05, 3.63) is 90.0 Å². The molecule has 0 aliphatic carbocycles. The van der Waals surface area contributed by atoms with Crippen LogP contribution in [0.25, 0.3) is 0 Å². The number of benzene rings is 3. The van der Waals surface area contributed by atoms with Gasteiger partial charge in [0.1, 0.15) is 11.9 Å². The van der Waals surface area contributed by atoms with E-state index in [2.05, 4.69) is 10.7 Å². The zero-order chi connectivity index (χ0) is 23.6.